The number of nitrogens with zero attached hydrogens (tertiary/aromatic N) is 5. The molecule has 0 radical (unpaired) electrons. The number of benzene rings is 1. The third kappa shape index (κ3) is 14.3. The van der Waals surface area contributed by atoms with Crippen LogP contribution >= 0.6 is 22.9 Å². The van der Waals surface area contributed by atoms with Crippen LogP contribution in [0.1, 0.15) is 168 Å². The zero-order valence-electron chi connectivity index (χ0n) is 38.6. The molecule has 3 aromatic rings. The number of halogens is 1. The van der Waals surface area contributed by atoms with Crippen molar-refractivity contribution in [3.05, 3.63) is 68.8 Å². The van der Waals surface area contributed by atoms with Gasteiger partial charge in [0.2, 0.25) is 23.7 Å². The van der Waals surface area contributed by atoms with Crippen LogP contribution in [0.5, 0.6) is 0 Å². The molecule has 1 atom stereocenters. The second-order valence-electron chi connectivity index (χ2n) is 18.2. The number of aliphatic imine (C=N–C) groups is 1. The van der Waals surface area contributed by atoms with E-state index < -0.39 is 6.04 Å². The first-order valence-electron chi connectivity index (χ1n) is 23.9. The van der Waals surface area contributed by atoms with Gasteiger partial charge in [0.25, 0.3) is 0 Å². The van der Waals surface area contributed by atoms with Crippen molar-refractivity contribution < 1.29 is 19.2 Å². The lowest BCUT2D eigenvalue weighted by molar-refractivity contribution is -0.130. The Bertz CT molecular complexity index is 2160. The number of hydrogen-bond acceptors (Lipinski definition) is 11. The number of carbonyl (C=O) groups is 4. The number of ketones is 1. The normalized spacial score (nSPS) is 19.5. The number of nitrogens with one attached hydrogen (secondary N) is 4. The Balaban J connectivity index is 0.809. The van der Waals surface area contributed by atoms with Gasteiger partial charge in [-0.25, -0.2) is 9.97 Å². The molecule has 1 saturated heterocycles. The summed E-state index contributed by atoms with van der Waals surface area (Å²) in [6.07, 6.45) is 22.0. The Morgan fingerprint density at radius 1 is 0.892 bits per heavy atom. The summed E-state index contributed by atoms with van der Waals surface area (Å²) in [6.45, 7) is 7.09. The second-order valence-corrected chi connectivity index (χ2v) is 19.9. The summed E-state index contributed by atoms with van der Waals surface area (Å²) in [5.41, 5.74) is 4.65. The maximum Gasteiger partial charge on any atom is 0.246 e. The van der Waals surface area contributed by atoms with E-state index in [1.54, 1.807) is 23.2 Å². The van der Waals surface area contributed by atoms with Gasteiger partial charge in [-0.1, -0.05) is 68.7 Å². The van der Waals surface area contributed by atoms with Crippen molar-refractivity contribution in [2.24, 2.45) is 10.9 Å². The summed E-state index contributed by atoms with van der Waals surface area (Å²) in [5, 5.41) is 24.6. The number of amides is 3. The number of anilines is 2. The van der Waals surface area contributed by atoms with E-state index >= 15 is 0 Å². The molecule has 65 heavy (non-hydrogen) atoms. The van der Waals surface area contributed by atoms with Crippen LogP contribution in [0.4, 0.5) is 10.9 Å². The van der Waals surface area contributed by atoms with E-state index in [0.29, 0.717) is 66.7 Å². The fourth-order valence-corrected chi connectivity index (χ4v) is 10.6. The fourth-order valence-electron chi connectivity index (χ4n) is 9.30. The average Bonchev–Trinajstić information content (AvgIpc) is 3.50. The Kier molecular flexibility index (Phi) is 18.8. The highest BCUT2D eigenvalue weighted by molar-refractivity contribution is 7.17. The van der Waals surface area contributed by atoms with Crippen molar-refractivity contribution in [3.8, 4) is 0 Å². The Labute approximate surface area is 394 Å². The van der Waals surface area contributed by atoms with Gasteiger partial charge in [-0.15, -0.1) is 11.3 Å². The van der Waals surface area contributed by atoms with E-state index in [1.807, 2.05) is 55.4 Å². The minimum absolute atomic E-state index is 0.0277. The summed E-state index contributed by atoms with van der Waals surface area (Å²) in [5.74, 6) is 1.58. The molecule has 3 aliphatic rings. The Morgan fingerprint density at radius 2 is 1.57 bits per heavy atom. The summed E-state index contributed by atoms with van der Waals surface area (Å²) >= 11 is 7.75. The number of aryl methyl sites for hydroxylation is 1. The van der Waals surface area contributed by atoms with Gasteiger partial charge in [0.1, 0.15) is 35.0 Å². The molecule has 350 valence electrons. The maximum absolute atomic E-state index is 13.2. The van der Waals surface area contributed by atoms with Gasteiger partial charge >= 0.3 is 0 Å². The van der Waals surface area contributed by atoms with E-state index in [2.05, 4.69) is 20.6 Å². The lowest BCUT2D eigenvalue weighted by Crippen LogP contribution is -2.42. The fraction of sp³-hybridized carbons (Fsp3) is 0.580. The number of fused-ring (bicyclic) bond motifs is 1. The van der Waals surface area contributed by atoms with Gasteiger partial charge in [0.05, 0.1) is 12.1 Å². The van der Waals surface area contributed by atoms with Crippen molar-refractivity contribution in [2.75, 3.05) is 29.4 Å². The average molecular weight is 927 g/mol. The van der Waals surface area contributed by atoms with E-state index in [-0.39, 0.29) is 42.4 Å². The Morgan fingerprint density at radius 3 is 2.26 bits per heavy atom. The summed E-state index contributed by atoms with van der Waals surface area (Å²) < 4.78 is 0. The molecule has 1 saturated carbocycles. The number of thiophene rings is 1. The summed E-state index contributed by atoms with van der Waals surface area (Å²) in [7, 11) is 0. The van der Waals surface area contributed by atoms with Crippen LogP contribution in [-0.2, 0) is 19.2 Å². The number of aromatic nitrogens is 2. The highest BCUT2D eigenvalue weighted by Crippen LogP contribution is 2.41. The molecule has 4 heterocycles. The van der Waals surface area contributed by atoms with E-state index in [0.717, 1.165) is 135 Å². The van der Waals surface area contributed by atoms with Crippen LogP contribution in [-0.4, -0.2) is 76.5 Å². The number of imide groups is 1. The maximum atomic E-state index is 13.2. The molecule has 3 amide bonds. The molecule has 0 spiro atoms. The molecule has 2 aliphatic heterocycles. The van der Waals surface area contributed by atoms with Gasteiger partial charge in [0.15, 0.2) is 0 Å². The quantitative estimate of drug-likeness (QED) is 0.0396. The molecule has 2 fully saturated rings. The van der Waals surface area contributed by atoms with Gasteiger partial charge in [-0.05, 0) is 114 Å². The lowest BCUT2D eigenvalue weighted by Gasteiger charge is -2.29. The molecule has 2 aromatic heterocycles. The van der Waals surface area contributed by atoms with E-state index in [4.69, 9.17) is 27.4 Å². The summed E-state index contributed by atoms with van der Waals surface area (Å²) in [4.78, 5) is 69.0. The van der Waals surface area contributed by atoms with E-state index in [1.165, 1.54) is 0 Å². The van der Waals surface area contributed by atoms with Crippen LogP contribution < -0.4 is 20.4 Å². The standard InChI is InChI=1S/C50H68ClN9O4S/c1-33-34(2)65-49-46(33)47(38-22-24-40(51)25-23-38)57-42(48(53)60(49)35(3)52)29-44(63)54-27-13-9-7-5-4-6-8-11-15-41(61)26-19-36-17-20-37(21-18-36)39-30-55-50(56-31-39)59-28-14-10-12-16-43(62)58-45(64)32-59/h22-25,30-31,36-37,42,52-53H,4-21,26-29,32H2,1-3H3,(H,54,63)(H,58,62,64)/t36?,37?,42-/m0/s1. The highest BCUT2D eigenvalue weighted by Gasteiger charge is 2.35. The molecule has 0 bridgehead atoms. The largest absolute Gasteiger partial charge is 0.356 e. The number of Topliss-reactive ketones (excluding diaryl/α,β-unsaturated/α-hetero) is 1. The topological polar surface area (TPSA) is 185 Å². The van der Waals surface area contributed by atoms with Crippen molar-refractivity contribution in [1.82, 2.24) is 20.6 Å². The number of amidine groups is 2. The first kappa shape index (κ1) is 49.6. The monoisotopic (exact) mass is 925 g/mol. The number of rotatable bonds is 19. The first-order chi connectivity index (χ1) is 31.4. The smallest absolute Gasteiger partial charge is 0.246 e. The summed E-state index contributed by atoms with van der Waals surface area (Å²) in [6, 6.07) is 6.73. The van der Waals surface area contributed by atoms with Gasteiger partial charge < -0.3 is 10.2 Å². The molecule has 4 N–H and O–H groups in total. The number of hydrogen-bond donors (Lipinski definition) is 4. The van der Waals surface area contributed by atoms with Crippen LogP contribution in [0, 0.1) is 30.6 Å². The van der Waals surface area contributed by atoms with Gasteiger partial charge in [-0.3, -0.25) is 45.2 Å². The molecule has 1 aliphatic carbocycles. The SMILES string of the molecule is CC(=N)N1C(=N)[C@H](CC(=O)NCCCCCCCCCCC(=O)CCC2CCC(c3cnc(N4CCCCCC(=O)NC(=O)C4)nc3)CC2)N=C(c2ccc(Cl)cc2)c2c1sc(C)c2C. The first-order valence-corrected chi connectivity index (χ1v) is 25.1. The minimum Gasteiger partial charge on any atom is -0.356 e. The minimum atomic E-state index is -0.741. The van der Waals surface area contributed by atoms with Crippen molar-refractivity contribution in [1.29, 1.82) is 10.8 Å². The predicted octanol–water partition coefficient (Wildman–Crippen LogP) is 10.2. The third-order valence-corrected chi connectivity index (χ3v) is 14.7. The predicted molar refractivity (Wildman–Crippen MR) is 262 cm³/mol. The Hall–Kier alpha value is -4.82. The molecular formula is C50H68ClN9O4S. The zero-order chi connectivity index (χ0) is 46.3. The molecule has 0 unspecified atom stereocenters. The molecule has 15 heteroatoms. The van der Waals surface area contributed by atoms with Crippen LogP contribution in [0.3, 0.4) is 0 Å². The lowest BCUT2D eigenvalue weighted by atomic mass is 9.77. The number of carbonyl (C=O) groups excluding carboxylic acids is 4. The molecule has 1 aromatic carbocycles. The zero-order valence-corrected chi connectivity index (χ0v) is 40.2. The molecule has 6 rings (SSSR count). The second kappa shape index (κ2) is 24.6. The van der Waals surface area contributed by atoms with Gasteiger partial charge in [0, 0.05) is 65.8 Å². The van der Waals surface area contributed by atoms with Crippen LogP contribution in [0.2, 0.25) is 5.02 Å². The van der Waals surface area contributed by atoms with Crippen molar-refractivity contribution in [2.45, 2.75) is 161 Å². The molecular weight excluding hydrogens is 858 g/mol. The number of unbranched alkanes of at least 4 members (excludes halogenated alkanes) is 7. The van der Waals surface area contributed by atoms with Crippen molar-refractivity contribution >= 4 is 74.8 Å². The van der Waals surface area contributed by atoms with E-state index in [9.17, 15) is 19.2 Å². The van der Waals surface area contributed by atoms with Gasteiger partial charge in [-0.2, -0.15) is 0 Å². The van der Waals surface area contributed by atoms with Crippen LogP contribution in [0.15, 0.2) is 41.7 Å². The van der Waals surface area contributed by atoms with Crippen molar-refractivity contribution in [3.63, 3.8) is 0 Å². The highest BCUT2D eigenvalue weighted by atomic mass is 35.5. The third-order valence-electron chi connectivity index (χ3n) is 13.2. The van der Waals surface area contributed by atoms with Crippen LogP contribution in [0.25, 0.3) is 0 Å². The molecule has 13 nitrogen and oxygen atoms in total.